The highest BCUT2D eigenvalue weighted by molar-refractivity contribution is 6.31. The fourth-order valence-corrected chi connectivity index (χ4v) is 1.57. The minimum atomic E-state index is -0.503. The molecule has 0 aliphatic heterocycles. The first-order chi connectivity index (χ1) is 8.88. The van der Waals surface area contributed by atoms with Gasteiger partial charge in [0.25, 0.3) is 0 Å². The van der Waals surface area contributed by atoms with Gasteiger partial charge in [0.1, 0.15) is 0 Å². The normalized spacial score (nSPS) is 11.4. The zero-order chi connectivity index (χ0) is 14.0. The molecule has 6 nitrogen and oxygen atoms in total. The Morgan fingerprint density at radius 1 is 1.37 bits per heavy atom. The summed E-state index contributed by atoms with van der Waals surface area (Å²) in [5.41, 5.74) is 0.723. The van der Waals surface area contributed by atoms with Crippen molar-refractivity contribution in [1.29, 1.82) is 0 Å². The van der Waals surface area contributed by atoms with Gasteiger partial charge in [-0.05, 0) is 23.4 Å². The molecule has 0 spiro atoms. The minimum absolute atomic E-state index is 0.112. The number of amides is 1. The van der Waals surface area contributed by atoms with Crippen LogP contribution in [0, 0.1) is 5.41 Å². The molecule has 1 aromatic heterocycles. The average Bonchev–Trinajstić information content (AvgIpc) is 2.81. The number of carbonyl (C=O) groups excluding carboxylic acids is 1. The van der Waals surface area contributed by atoms with Crippen LogP contribution in [0.15, 0.2) is 18.2 Å². The predicted octanol–water partition coefficient (Wildman–Crippen LogP) is 2.50. The van der Waals surface area contributed by atoms with Gasteiger partial charge in [-0.2, -0.15) is 5.21 Å². The van der Waals surface area contributed by atoms with Crippen LogP contribution in [0.1, 0.15) is 20.8 Å². The first kappa shape index (κ1) is 13.5. The van der Waals surface area contributed by atoms with E-state index < -0.39 is 5.41 Å². The van der Waals surface area contributed by atoms with Crippen LogP contribution >= 0.6 is 11.6 Å². The number of hydrogen-bond donors (Lipinski definition) is 2. The predicted molar refractivity (Wildman–Crippen MR) is 72.7 cm³/mol. The van der Waals surface area contributed by atoms with Gasteiger partial charge in [-0.25, -0.2) is 0 Å². The highest BCUT2D eigenvalue weighted by Crippen LogP contribution is 2.29. The van der Waals surface area contributed by atoms with E-state index in [1.54, 1.807) is 18.2 Å². The van der Waals surface area contributed by atoms with Crippen LogP contribution in [0.2, 0.25) is 5.02 Å². The Balaban J connectivity index is 2.39. The topological polar surface area (TPSA) is 83.6 Å². The second kappa shape index (κ2) is 4.97. The second-order valence-electron chi connectivity index (χ2n) is 5.13. The zero-order valence-electron chi connectivity index (χ0n) is 10.9. The number of halogens is 1. The van der Waals surface area contributed by atoms with Crippen molar-refractivity contribution in [3.05, 3.63) is 23.2 Å². The van der Waals surface area contributed by atoms with Crippen LogP contribution in [0.25, 0.3) is 11.4 Å². The van der Waals surface area contributed by atoms with Crippen LogP contribution < -0.4 is 5.32 Å². The fourth-order valence-electron chi connectivity index (χ4n) is 1.40. The van der Waals surface area contributed by atoms with E-state index in [1.165, 1.54) is 0 Å². The lowest BCUT2D eigenvalue weighted by Crippen LogP contribution is -2.27. The van der Waals surface area contributed by atoms with Crippen molar-refractivity contribution in [2.45, 2.75) is 20.8 Å². The molecule has 2 aromatic rings. The highest BCUT2D eigenvalue weighted by Gasteiger charge is 2.23. The van der Waals surface area contributed by atoms with E-state index in [2.05, 4.69) is 25.9 Å². The number of hydrogen-bond acceptors (Lipinski definition) is 4. The number of nitrogens with zero attached hydrogens (tertiary/aromatic N) is 3. The average molecular weight is 280 g/mol. The van der Waals surface area contributed by atoms with Gasteiger partial charge >= 0.3 is 0 Å². The molecule has 2 rings (SSSR count). The molecule has 0 aliphatic carbocycles. The Hall–Kier alpha value is -1.95. The Kier molecular flexibility index (Phi) is 3.53. The van der Waals surface area contributed by atoms with Crippen molar-refractivity contribution in [1.82, 2.24) is 20.6 Å². The van der Waals surface area contributed by atoms with E-state index in [1.807, 2.05) is 20.8 Å². The summed E-state index contributed by atoms with van der Waals surface area (Å²) in [4.78, 5) is 12.0. The van der Waals surface area contributed by atoms with Gasteiger partial charge in [-0.1, -0.05) is 32.4 Å². The van der Waals surface area contributed by atoms with Crippen LogP contribution in [0.3, 0.4) is 0 Å². The van der Waals surface area contributed by atoms with Gasteiger partial charge in [0.05, 0.1) is 5.69 Å². The quantitative estimate of drug-likeness (QED) is 0.885. The number of anilines is 1. The summed E-state index contributed by atoms with van der Waals surface area (Å²) in [6, 6.07) is 5.11. The Morgan fingerprint density at radius 2 is 2.11 bits per heavy atom. The Labute approximate surface area is 115 Å². The van der Waals surface area contributed by atoms with Gasteiger partial charge in [0, 0.05) is 16.0 Å². The minimum Gasteiger partial charge on any atom is -0.325 e. The number of rotatable bonds is 2. The number of H-pyrrole nitrogens is 1. The number of aromatic nitrogens is 4. The van der Waals surface area contributed by atoms with Crippen molar-refractivity contribution in [3.8, 4) is 11.4 Å². The Bertz CT molecular complexity index is 589. The van der Waals surface area contributed by atoms with Crippen molar-refractivity contribution >= 4 is 23.2 Å². The molecule has 0 saturated carbocycles. The molecule has 0 fully saturated rings. The van der Waals surface area contributed by atoms with Crippen LogP contribution in [0.4, 0.5) is 5.69 Å². The number of benzene rings is 1. The number of aromatic amines is 1. The third kappa shape index (κ3) is 3.08. The maximum atomic E-state index is 12.0. The third-order valence-corrected chi connectivity index (χ3v) is 2.73. The van der Waals surface area contributed by atoms with Gasteiger partial charge < -0.3 is 5.32 Å². The van der Waals surface area contributed by atoms with Gasteiger partial charge in [-0.3, -0.25) is 4.79 Å². The summed E-state index contributed by atoms with van der Waals surface area (Å²) in [6.07, 6.45) is 0. The molecular weight excluding hydrogens is 266 g/mol. The van der Waals surface area contributed by atoms with Crippen molar-refractivity contribution in [3.63, 3.8) is 0 Å². The molecular formula is C12H14ClN5O. The SMILES string of the molecule is CC(C)(C)C(=O)Nc1cc(Cl)ccc1-c1nn[nH]n1. The summed E-state index contributed by atoms with van der Waals surface area (Å²) in [5, 5.41) is 17.1. The van der Waals surface area contributed by atoms with Crippen LogP contribution in [0.5, 0.6) is 0 Å². The molecule has 0 atom stereocenters. The molecule has 1 heterocycles. The molecule has 0 saturated heterocycles. The second-order valence-corrected chi connectivity index (χ2v) is 5.57. The molecule has 1 amide bonds. The first-order valence-electron chi connectivity index (χ1n) is 5.73. The fraction of sp³-hybridized carbons (Fsp3) is 0.333. The van der Waals surface area contributed by atoms with E-state index >= 15 is 0 Å². The van der Waals surface area contributed by atoms with E-state index in [0.717, 1.165) is 0 Å². The maximum absolute atomic E-state index is 12.0. The van der Waals surface area contributed by atoms with Crippen LogP contribution in [-0.2, 0) is 4.79 Å². The molecule has 1 aromatic carbocycles. The molecule has 0 unspecified atom stereocenters. The smallest absolute Gasteiger partial charge is 0.229 e. The molecule has 0 bridgehead atoms. The highest BCUT2D eigenvalue weighted by atomic mass is 35.5. The van der Waals surface area contributed by atoms with E-state index in [-0.39, 0.29) is 5.91 Å². The summed E-state index contributed by atoms with van der Waals surface area (Å²) in [5.74, 6) is 0.292. The standard InChI is InChI=1S/C12H14ClN5O/c1-12(2,3)11(19)14-9-6-7(13)4-5-8(9)10-15-17-18-16-10/h4-6H,1-3H3,(H,14,19)(H,15,16,17,18). The summed E-state index contributed by atoms with van der Waals surface area (Å²) in [7, 11) is 0. The molecule has 100 valence electrons. The zero-order valence-corrected chi connectivity index (χ0v) is 11.6. The van der Waals surface area contributed by atoms with Gasteiger partial charge in [0.15, 0.2) is 0 Å². The van der Waals surface area contributed by atoms with Crippen molar-refractivity contribution in [2.24, 2.45) is 5.41 Å². The van der Waals surface area contributed by atoms with E-state index in [4.69, 9.17) is 11.6 Å². The van der Waals surface area contributed by atoms with E-state index in [9.17, 15) is 4.79 Å². The maximum Gasteiger partial charge on any atom is 0.229 e. The largest absolute Gasteiger partial charge is 0.325 e. The first-order valence-corrected chi connectivity index (χ1v) is 6.10. The number of tetrazole rings is 1. The van der Waals surface area contributed by atoms with Crippen molar-refractivity contribution in [2.75, 3.05) is 5.32 Å². The van der Waals surface area contributed by atoms with Crippen molar-refractivity contribution < 1.29 is 4.79 Å². The molecule has 0 radical (unpaired) electrons. The molecule has 19 heavy (non-hydrogen) atoms. The summed E-state index contributed by atoms with van der Waals surface area (Å²) >= 11 is 5.96. The summed E-state index contributed by atoms with van der Waals surface area (Å²) < 4.78 is 0. The molecule has 7 heteroatoms. The number of carbonyl (C=O) groups is 1. The van der Waals surface area contributed by atoms with Gasteiger partial charge in [0.2, 0.25) is 11.7 Å². The summed E-state index contributed by atoms with van der Waals surface area (Å²) in [6.45, 7) is 5.50. The Morgan fingerprint density at radius 3 is 2.68 bits per heavy atom. The monoisotopic (exact) mass is 279 g/mol. The molecule has 2 N–H and O–H groups in total. The lowest BCUT2D eigenvalue weighted by atomic mass is 9.95. The lowest BCUT2D eigenvalue weighted by molar-refractivity contribution is -0.123. The third-order valence-electron chi connectivity index (χ3n) is 2.50. The number of nitrogens with one attached hydrogen (secondary N) is 2. The van der Waals surface area contributed by atoms with E-state index in [0.29, 0.717) is 22.1 Å². The van der Waals surface area contributed by atoms with Crippen LogP contribution in [-0.4, -0.2) is 26.5 Å². The lowest BCUT2D eigenvalue weighted by Gasteiger charge is -2.18. The van der Waals surface area contributed by atoms with Gasteiger partial charge in [-0.15, -0.1) is 10.2 Å². The molecule has 0 aliphatic rings.